The highest BCUT2D eigenvalue weighted by molar-refractivity contribution is 7.18. The van der Waals surface area contributed by atoms with Crippen LogP contribution in [0.15, 0.2) is 30.6 Å². The molecule has 2 heterocycles. The van der Waals surface area contributed by atoms with Crippen LogP contribution in [0.3, 0.4) is 0 Å². The largest absolute Gasteiger partial charge is 0.435 e. The van der Waals surface area contributed by atoms with Gasteiger partial charge in [-0.3, -0.25) is 0 Å². The number of ether oxygens (including phenoxy) is 1. The van der Waals surface area contributed by atoms with E-state index in [1.807, 2.05) is 13.8 Å². The Bertz CT molecular complexity index is 754. The Morgan fingerprint density at radius 3 is 2.74 bits per heavy atom. The Morgan fingerprint density at radius 2 is 1.95 bits per heavy atom. The molecule has 0 saturated carbocycles. The number of aryl methyl sites for hydroxylation is 2. The molecule has 0 fully saturated rings. The zero-order chi connectivity index (χ0) is 13.4. The van der Waals surface area contributed by atoms with Crippen molar-refractivity contribution in [2.24, 2.45) is 0 Å². The van der Waals surface area contributed by atoms with Gasteiger partial charge in [-0.25, -0.2) is 14.4 Å². The fourth-order valence-electron chi connectivity index (χ4n) is 1.86. The van der Waals surface area contributed by atoms with Crippen LogP contribution in [0.1, 0.15) is 10.4 Å². The summed E-state index contributed by atoms with van der Waals surface area (Å²) >= 11 is 1.58. The van der Waals surface area contributed by atoms with Crippen LogP contribution in [-0.2, 0) is 0 Å². The van der Waals surface area contributed by atoms with E-state index in [4.69, 9.17) is 4.74 Å². The third kappa shape index (κ3) is 2.06. The maximum Gasteiger partial charge on any atom is 0.231 e. The molecule has 0 spiro atoms. The van der Waals surface area contributed by atoms with E-state index in [2.05, 4.69) is 9.97 Å². The first-order valence-electron chi connectivity index (χ1n) is 5.80. The predicted molar refractivity (Wildman–Crippen MR) is 73.4 cm³/mol. The summed E-state index contributed by atoms with van der Waals surface area (Å²) in [6.45, 7) is 4.01. The molecular weight excluding hydrogens is 263 g/mol. The van der Waals surface area contributed by atoms with Crippen molar-refractivity contribution in [3.8, 4) is 11.6 Å². The number of rotatable bonds is 2. The summed E-state index contributed by atoms with van der Waals surface area (Å²) in [5, 5.41) is 0.855. The Labute approximate surface area is 113 Å². The van der Waals surface area contributed by atoms with Gasteiger partial charge in [-0.2, -0.15) is 0 Å². The first kappa shape index (κ1) is 12.0. The van der Waals surface area contributed by atoms with Crippen molar-refractivity contribution in [3.63, 3.8) is 0 Å². The second kappa shape index (κ2) is 4.59. The number of thiophene rings is 1. The maximum absolute atomic E-state index is 13.6. The number of benzene rings is 1. The quantitative estimate of drug-likeness (QED) is 0.701. The minimum Gasteiger partial charge on any atom is -0.435 e. The summed E-state index contributed by atoms with van der Waals surface area (Å²) in [6.07, 6.45) is 1.44. The molecule has 3 rings (SSSR count). The van der Waals surface area contributed by atoms with E-state index in [0.717, 1.165) is 20.7 Å². The summed E-state index contributed by atoms with van der Waals surface area (Å²) in [4.78, 5) is 10.4. The monoisotopic (exact) mass is 274 g/mol. The van der Waals surface area contributed by atoms with Gasteiger partial charge in [0.2, 0.25) is 5.88 Å². The Kier molecular flexibility index (Phi) is 2.91. The standard InChI is InChI=1S/C14H11FN2OS/c1-8-9(2)19-14-12(8)13(16-7-17-14)18-11-6-4-3-5-10(11)15/h3-7H,1-2H3. The minimum atomic E-state index is -0.404. The van der Waals surface area contributed by atoms with Crippen molar-refractivity contribution in [1.82, 2.24) is 9.97 Å². The van der Waals surface area contributed by atoms with Crippen LogP contribution in [-0.4, -0.2) is 9.97 Å². The average Bonchev–Trinajstić information content (AvgIpc) is 2.69. The van der Waals surface area contributed by atoms with Gasteiger partial charge in [0.05, 0.1) is 5.39 Å². The molecule has 3 aromatic rings. The molecule has 3 nitrogen and oxygen atoms in total. The number of aromatic nitrogens is 2. The topological polar surface area (TPSA) is 35.0 Å². The van der Waals surface area contributed by atoms with Crippen molar-refractivity contribution in [2.45, 2.75) is 13.8 Å². The average molecular weight is 274 g/mol. The first-order valence-corrected chi connectivity index (χ1v) is 6.61. The van der Waals surface area contributed by atoms with Gasteiger partial charge < -0.3 is 4.74 Å². The van der Waals surface area contributed by atoms with Crippen molar-refractivity contribution >= 4 is 21.6 Å². The summed E-state index contributed by atoms with van der Waals surface area (Å²) < 4.78 is 19.2. The van der Waals surface area contributed by atoms with E-state index < -0.39 is 5.82 Å². The third-order valence-electron chi connectivity index (χ3n) is 2.97. The molecule has 0 atom stereocenters. The van der Waals surface area contributed by atoms with Gasteiger partial charge in [0.25, 0.3) is 0 Å². The summed E-state index contributed by atoms with van der Waals surface area (Å²) in [5.74, 6) is 0.168. The number of nitrogens with zero attached hydrogens (tertiary/aromatic N) is 2. The third-order valence-corrected chi connectivity index (χ3v) is 4.09. The molecule has 0 radical (unpaired) electrons. The van der Waals surface area contributed by atoms with E-state index in [1.54, 1.807) is 29.5 Å². The zero-order valence-electron chi connectivity index (χ0n) is 10.5. The lowest BCUT2D eigenvalue weighted by Gasteiger charge is -2.06. The smallest absolute Gasteiger partial charge is 0.231 e. The highest BCUT2D eigenvalue weighted by Crippen LogP contribution is 2.35. The molecule has 0 N–H and O–H groups in total. The van der Waals surface area contributed by atoms with Crippen LogP contribution < -0.4 is 4.74 Å². The predicted octanol–water partition coefficient (Wildman–Crippen LogP) is 4.24. The Balaban J connectivity index is 2.13. The fourth-order valence-corrected chi connectivity index (χ4v) is 2.85. The second-order valence-electron chi connectivity index (χ2n) is 4.17. The molecule has 19 heavy (non-hydrogen) atoms. The van der Waals surface area contributed by atoms with Crippen LogP contribution in [0.25, 0.3) is 10.2 Å². The zero-order valence-corrected chi connectivity index (χ0v) is 11.3. The van der Waals surface area contributed by atoms with Gasteiger partial charge in [0.1, 0.15) is 11.2 Å². The maximum atomic E-state index is 13.6. The highest BCUT2D eigenvalue weighted by atomic mass is 32.1. The highest BCUT2D eigenvalue weighted by Gasteiger charge is 2.14. The lowest BCUT2D eigenvalue weighted by atomic mass is 10.2. The lowest BCUT2D eigenvalue weighted by Crippen LogP contribution is -1.92. The molecule has 5 heteroatoms. The summed E-state index contributed by atoms with van der Waals surface area (Å²) in [7, 11) is 0. The van der Waals surface area contributed by atoms with E-state index in [-0.39, 0.29) is 5.75 Å². The fraction of sp³-hybridized carbons (Fsp3) is 0.143. The normalized spacial score (nSPS) is 10.9. The van der Waals surface area contributed by atoms with Crippen LogP contribution in [0.5, 0.6) is 11.6 Å². The van der Waals surface area contributed by atoms with Gasteiger partial charge in [-0.05, 0) is 31.5 Å². The van der Waals surface area contributed by atoms with E-state index in [1.165, 1.54) is 12.4 Å². The number of halogens is 1. The van der Waals surface area contributed by atoms with Crippen LogP contribution >= 0.6 is 11.3 Å². The van der Waals surface area contributed by atoms with Gasteiger partial charge >= 0.3 is 0 Å². The molecule has 1 aromatic carbocycles. The molecule has 2 aromatic heterocycles. The van der Waals surface area contributed by atoms with Crippen molar-refractivity contribution in [2.75, 3.05) is 0 Å². The molecular formula is C14H11FN2OS. The van der Waals surface area contributed by atoms with Gasteiger partial charge in [-0.15, -0.1) is 11.3 Å². The van der Waals surface area contributed by atoms with Crippen LogP contribution in [0.4, 0.5) is 4.39 Å². The molecule has 0 bridgehead atoms. The lowest BCUT2D eigenvalue weighted by molar-refractivity contribution is 0.431. The number of hydrogen-bond donors (Lipinski definition) is 0. The summed E-state index contributed by atoms with van der Waals surface area (Å²) in [6, 6.07) is 6.29. The second-order valence-corrected chi connectivity index (χ2v) is 5.38. The molecule has 0 amide bonds. The molecule has 0 aliphatic heterocycles. The van der Waals surface area contributed by atoms with Gasteiger partial charge in [-0.1, -0.05) is 12.1 Å². The molecule has 0 unspecified atom stereocenters. The van der Waals surface area contributed by atoms with Crippen molar-refractivity contribution in [1.29, 1.82) is 0 Å². The number of para-hydroxylation sites is 1. The van der Waals surface area contributed by atoms with Gasteiger partial charge in [0.15, 0.2) is 11.6 Å². The Hall–Kier alpha value is -2.01. The first-order chi connectivity index (χ1) is 9.16. The number of hydrogen-bond acceptors (Lipinski definition) is 4. The van der Waals surface area contributed by atoms with E-state index >= 15 is 0 Å². The molecule has 0 saturated heterocycles. The van der Waals surface area contributed by atoms with Crippen molar-refractivity contribution in [3.05, 3.63) is 46.9 Å². The van der Waals surface area contributed by atoms with E-state index in [0.29, 0.717) is 5.88 Å². The van der Waals surface area contributed by atoms with Crippen molar-refractivity contribution < 1.29 is 9.13 Å². The summed E-state index contributed by atoms with van der Waals surface area (Å²) in [5.41, 5.74) is 1.08. The van der Waals surface area contributed by atoms with Gasteiger partial charge in [0, 0.05) is 4.88 Å². The van der Waals surface area contributed by atoms with Crippen LogP contribution in [0.2, 0.25) is 0 Å². The SMILES string of the molecule is Cc1sc2ncnc(Oc3ccccc3F)c2c1C. The Morgan fingerprint density at radius 1 is 1.16 bits per heavy atom. The van der Waals surface area contributed by atoms with E-state index in [9.17, 15) is 4.39 Å². The number of fused-ring (bicyclic) bond motifs is 1. The molecule has 0 aliphatic carbocycles. The van der Waals surface area contributed by atoms with Crippen LogP contribution in [0, 0.1) is 19.7 Å². The minimum absolute atomic E-state index is 0.172. The molecule has 96 valence electrons. The molecule has 0 aliphatic rings.